The van der Waals surface area contributed by atoms with Crippen LogP contribution in [0.3, 0.4) is 0 Å². The molecule has 0 bridgehead atoms. The minimum absolute atomic E-state index is 0.00680. The van der Waals surface area contributed by atoms with Crippen molar-refractivity contribution in [3.63, 3.8) is 0 Å². The maximum Gasteiger partial charge on any atom is 0.307 e. The standard InChI is InChI=1S/C13H21N5O3/c1-4-6-15(3)7-8-16(5-2)13(19)11-17-10-12(9-14-17)18(20)21/h4,9-10H,1,5-8,11H2,2-3H3. The van der Waals surface area contributed by atoms with Crippen molar-refractivity contribution < 1.29 is 9.72 Å². The summed E-state index contributed by atoms with van der Waals surface area (Å²) in [6.45, 7) is 8.26. The molecule has 1 aromatic heterocycles. The lowest BCUT2D eigenvalue weighted by atomic mass is 10.4. The highest BCUT2D eigenvalue weighted by Gasteiger charge is 2.15. The van der Waals surface area contributed by atoms with Gasteiger partial charge in [0.1, 0.15) is 18.9 Å². The van der Waals surface area contributed by atoms with Crippen LogP contribution < -0.4 is 0 Å². The van der Waals surface area contributed by atoms with E-state index in [0.717, 1.165) is 19.3 Å². The van der Waals surface area contributed by atoms with Gasteiger partial charge in [0, 0.05) is 26.2 Å². The van der Waals surface area contributed by atoms with Crippen molar-refractivity contribution in [2.45, 2.75) is 13.5 Å². The van der Waals surface area contributed by atoms with Gasteiger partial charge in [0.25, 0.3) is 0 Å². The molecular formula is C13H21N5O3. The highest BCUT2D eigenvalue weighted by molar-refractivity contribution is 5.75. The quantitative estimate of drug-likeness (QED) is 0.381. The lowest BCUT2D eigenvalue weighted by Gasteiger charge is -2.24. The molecule has 0 spiro atoms. The van der Waals surface area contributed by atoms with Crippen molar-refractivity contribution in [1.82, 2.24) is 19.6 Å². The molecule has 1 rings (SSSR count). The van der Waals surface area contributed by atoms with Crippen LogP contribution in [0.15, 0.2) is 25.0 Å². The number of aromatic nitrogens is 2. The average Bonchev–Trinajstić information content (AvgIpc) is 2.88. The lowest BCUT2D eigenvalue weighted by Crippen LogP contribution is -2.39. The molecule has 0 unspecified atom stereocenters. The van der Waals surface area contributed by atoms with Gasteiger partial charge in [0.2, 0.25) is 5.91 Å². The number of amides is 1. The van der Waals surface area contributed by atoms with E-state index in [-0.39, 0.29) is 18.1 Å². The third-order valence-electron chi connectivity index (χ3n) is 3.05. The van der Waals surface area contributed by atoms with Gasteiger partial charge >= 0.3 is 5.69 Å². The first-order valence-corrected chi connectivity index (χ1v) is 6.72. The van der Waals surface area contributed by atoms with E-state index in [4.69, 9.17) is 0 Å². The second kappa shape index (κ2) is 8.15. The van der Waals surface area contributed by atoms with Gasteiger partial charge in [-0.15, -0.1) is 6.58 Å². The smallest absolute Gasteiger partial charge is 0.307 e. The summed E-state index contributed by atoms with van der Waals surface area (Å²) < 4.78 is 1.29. The fourth-order valence-electron chi connectivity index (χ4n) is 1.83. The molecule has 0 aromatic carbocycles. The molecule has 21 heavy (non-hydrogen) atoms. The molecule has 0 radical (unpaired) electrons. The Morgan fingerprint density at radius 1 is 1.57 bits per heavy atom. The number of nitro groups is 1. The van der Waals surface area contributed by atoms with E-state index in [9.17, 15) is 14.9 Å². The zero-order valence-corrected chi connectivity index (χ0v) is 12.4. The first kappa shape index (κ1) is 16.8. The maximum atomic E-state index is 12.1. The molecule has 1 heterocycles. The molecule has 0 aliphatic heterocycles. The van der Waals surface area contributed by atoms with Crippen molar-refractivity contribution in [2.75, 3.05) is 33.2 Å². The van der Waals surface area contributed by atoms with Crippen LogP contribution in [0.5, 0.6) is 0 Å². The van der Waals surface area contributed by atoms with Gasteiger partial charge in [0.15, 0.2) is 0 Å². The molecule has 1 aromatic rings. The molecule has 0 saturated carbocycles. The number of carbonyl (C=O) groups excluding carboxylic acids is 1. The summed E-state index contributed by atoms with van der Waals surface area (Å²) in [5, 5.41) is 14.4. The molecule has 0 aliphatic carbocycles. The Morgan fingerprint density at radius 2 is 2.29 bits per heavy atom. The van der Waals surface area contributed by atoms with Crippen molar-refractivity contribution >= 4 is 11.6 Å². The molecule has 8 nitrogen and oxygen atoms in total. The van der Waals surface area contributed by atoms with Crippen molar-refractivity contribution in [2.24, 2.45) is 0 Å². The molecule has 0 fully saturated rings. The van der Waals surface area contributed by atoms with Crippen LogP contribution in [0.25, 0.3) is 0 Å². The first-order valence-electron chi connectivity index (χ1n) is 6.72. The van der Waals surface area contributed by atoms with Crippen LogP contribution in [0.4, 0.5) is 5.69 Å². The summed E-state index contributed by atoms with van der Waals surface area (Å²) in [5.74, 6) is -0.109. The monoisotopic (exact) mass is 295 g/mol. The zero-order chi connectivity index (χ0) is 15.8. The van der Waals surface area contributed by atoms with Crippen LogP contribution in [0.2, 0.25) is 0 Å². The second-order valence-electron chi connectivity index (χ2n) is 4.68. The van der Waals surface area contributed by atoms with Gasteiger partial charge < -0.3 is 9.80 Å². The van der Waals surface area contributed by atoms with E-state index >= 15 is 0 Å². The maximum absolute atomic E-state index is 12.1. The van der Waals surface area contributed by atoms with Gasteiger partial charge in [-0.05, 0) is 14.0 Å². The Morgan fingerprint density at radius 3 is 2.81 bits per heavy atom. The van der Waals surface area contributed by atoms with Crippen LogP contribution in [-0.4, -0.2) is 63.6 Å². The Labute approximate surface area is 123 Å². The molecule has 116 valence electrons. The molecule has 0 saturated heterocycles. The van der Waals surface area contributed by atoms with Crippen LogP contribution in [0.1, 0.15) is 6.92 Å². The predicted molar refractivity (Wildman–Crippen MR) is 78.8 cm³/mol. The van der Waals surface area contributed by atoms with Crippen LogP contribution in [-0.2, 0) is 11.3 Å². The topological polar surface area (TPSA) is 84.5 Å². The fraction of sp³-hybridized carbons (Fsp3) is 0.538. The molecular weight excluding hydrogens is 274 g/mol. The summed E-state index contributed by atoms with van der Waals surface area (Å²) in [4.78, 5) is 25.9. The SMILES string of the molecule is C=CCN(C)CCN(CC)C(=O)Cn1cc([N+](=O)[O-])cn1. The number of hydrogen-bond acceptors (Lipinski definition) is 5. The highest BCUT2D eigenvalue weighted by atomic mass is 16.6. The van der Waals surface area contributed by atoms with E-state index < -0.39 is 4.92 Å². The number of hydrogen-bond donors (Lipinski definition) is 0. The summed E-state index contributed by atoms with van der Waals surface area (Å²) in [5.41, 5.74) is -0.114. The van der Waals surface area contributed by atoms with Gasteiger partial charge in [-0.3, -0.25) is 19.6 Å². The Kier molecular flexibility index (Phi) is 6.54. The average molecular weight is 295 g/mol. The highest BCUT2D eigenvalue weighted by Crippen LogP contribution is 2.08. The van der Waals surface area contributed by atoms with Crippen molar-refractivity contribution in [3.8, 4) is 0 Å². The number of nitrogens with zero attached hydrogens (tertiary/aromatic N) is 5. The van der Waals surface area contributed by atoms with E-state index in [1.165, 1.54) is 10.9 Å². The Balaban J connectivity index is 2.53. The van der Waals surface area contributed by atoms with Crippen LogP contribution in [0, 0.1) is 10.1 Å². The van der Waals surface area contributed by atoms with Gasteiger partial charge in [0.05, 0.1) is 4.92 Å². The third kappa shape index (κ3) is 5.35. The number of rotatable bonds is 9. The summed E-state index contributed by atoms with van der Waals surface area (Å²) in [6, 6.07) is 0. The molecule has 1 amide bonds. The van der Waals surface area contributed by atoms with E-state index in [1.807, 2.05) is 14.0 Å². The number of carbonyl (C=O) groups is 1. The second-order valence-corrected chi connectivity index (χ2v) is 4.68. The minimum atomic E-state index is -0.532. The van der Waals surface area contributed by atoms with Crippen molar-refractivity contribution in [1.29, 1.82) is 0 Å². The minimum Gasteiger partial charge on any atom is -0.340 e. The van der Waals surface area contributed by atoms with Gasteiger partial charge in [-0.25, -0.2) is 0 Å². The number of likely N-dealkylation sites (N-methyl/N-ethyl adjacent to an activating group) is 2. The Bertz CT molecular complexity index is 500. The lowest BCUT2D eigenvalue weighted by molar-refractivity contribution is -0.385. The normalized spacial score (nSPS) is 10.6. The largest absolute Gasteiger partial charge is 0.340 e. The molecule has 0 aliphatic rings. The van der Waals surface area contributed by atoms with E-state index in [2.05, 4.69) is 16.6 Å². The van der Waals surface area contributed by atoms with Gasteiger partial charge in [-0.2, -0.15) is 5.10 Å². The van der Waals surface area contributed by atoms with Crippen molar-refractivity contribution in [3.05, 3.63) is 35.2 Å². The van der Waals surface area contributed by atoms with Crippen LogP contribution >= 0.6 is 0 Å². The van der Waals surface area contributed by atoms with E-state index in [0.29, 0.717) is 13.1 Å². The molecule has 0 atom stereocenters. The summed E-state index contributed by atoms with van der Waals surface area (Å²) >= 11 is 0. The Hall–Kier alpha value is -2.22. The van der Waals surface area contributed by atoms with E-state index in [1.54, 1.807) is 11.0 Å². The predicted octanol–water partition coefficient (Wildman–Crippen LogP) is 0.758. The summed E-state index contributed by atoms with van der Waals surface area (Å²) in [6.07, 6.45) is 4.21. The fourth-order valence-corrected chi connectivity index (χ4v) is 1.83. The molecule has 8 heteroatoms. The first-order chi connectivity index (χ1) is 9.97. The summed E-state index contributed by atoms with van der Waals surface area (Å²) in [7, 11) is 1.96. The van der Waals surface area contributed by atoms with Gasteiger partial charge in [-0.1, -0.05) is 6.08 Å². The zero-order valence-electron chi connectivity index (χ0n) is 12.4. The molecule has 0 N–H and O–H groups in total. The third-order valence-corrected chi connectivity index (χ3v) is 3.05.